The lowest BCUT2D eigenvalue weighted by Gasteiger charge is -2.41. The predicted octanol–water partition coefficient (Wildman–Crippen LogP) is 3.37. The van der Waals surface area contributed by atoms with Crippen LogP contribution in [0.15, 0.2) is 41.2 Å². The average molecular weight is 530 g/mol. The minimum atomic E-state index is -3.52. The summed E-state index contributed by atoms with van der Waals surface area (Å²) < 4.78 is 15.1. The third-order valence-electron chi connectivity index (χ3n) is 7.00. The molecule has 1 saturated heterocycles. The van der Waals surface area contributed by atoms with Crippen LogP contribution in [-0.4, -0.2) is 49.7 Å². The van der Waals surface area contributed by atoms with Gasteiger partial charge in [-0.2, -0.15) is 11.8 Å². The molecule has 6 rings (SSSR count). The topological polar surface area (TPSA) is 93.9 Å². The molecule has 0 bridgehead atoms. The van der Waals surface area contributed by atoms with Crippen LogP contribution in [0, 0.1) is 0 Å². The van der Waals surface area contributed by atoms with Gasteiger partial charge in [0.1, 0.15) is 6.61 Å². The van der Waals surface area contributed by atoms with E-state index in [-0.39, 0.29) is 18.6 Å². The molecule has 182 valence electrons. The van der Waals surface area contributed by atoms with Gasteiger partial charge in [0.05, 0.1) is 29.0 Å². The number of carbonyl (C=O) groups is 1. The van der Waals surface area contributed by atoms with Crippen molar-refractivity contribution in [2.75, 3.05) is 24.6 Å². The van der Waals surface area contributed by atoms with Gasteiger partial charge in [0.25, 0.3) is 12.2 Å². The number of thioether (sulfide) groups is 1. The van der Waals surface area contributed by atoms with Gasteiger partial charge in [-0.05, 0) is 36.4 Å². The molecule has 1 fully saturated rings. The van der Waals surface area contributed by atoms with Crippen LogP contribution in [0.4, 0.5) is 0 Å². The molecule has 0 spiro atoms. The van der Waals surface area contributed by atoms with Crippen molar-refractivity contribution in [2.45, 2.75) is 32.1 Å². The van der Waals surface area contributed by atoms with Gasteiger partial charge in [-0.3, -0.25) is 9.32 Å². The molecule has 5 heterocycles. The number of rotatable bonds is 4. The maximum atomic E-state index is 13.6. The molecule has 2 aromatic heterocycles. The Bertz CT molecular complexity index is 1490. The number of benzene rings is 1. The number of hydrogen-bond acceptors (Lipinski definition) is 7. The van der Waals surface area contributed by atoms with E-state index >= 15 is 0 Å². The van der Waals surface area contributed by atoms with E-state index in [1.807, 2.05) is 30.3 Å². The summed E-state index contributed by atoms with van der Waals surface area (Å²) in [5.74, 6) is 1.03. The Balaban J connectivity index is 1.52. The number of para-hydroxylation sites is 1. The number of fused-ring (bicyclic) bond motifs is 5. The van der Waals surface area contributed by atoms with Gasteiger partial charge in [0.2, 0.25) is 0 Å². The Morgan fingerprint density at radius 1 is 1.26 bits per heavy atom. The standard InChI is InChI=1S/C24H24N3O5PS2/c1-2-24(32-33(30,34)26-7-9-35-10-8-26)18-12-20-21-16(11-15-5-3-4-6-19(15)25-21)13-27(20)22(28)17(18)14-31-23(24)29/h3-6,11-12H,2,7-10,13-14H2,1H3,(H,30,34)/t24-,33?/m0/s1. The van der Waals surface area contributed by atoms with E-state index in [1.54, 1.807) is 27.9 Å². The third kappa shape index (κ3) is 3.62. The van der Waals surface area contributed by atoms with Gasteiger partial charge in [-0.1, -0.05) is 25.1 Å². The third-order valence-corrected chi connectivity index (χ3v) is 10.5. The van der Waals surface area contributed by atoms with E-state index in [2.05, 4.69) is 6.07 Å². The Labute approximate surface area is 211 Å². The summed E-state index contributed by atoms with van der Waals surface area (Å²) in [4.78, 5) is 43.0. The fraction of sp³-hybridized carbons (Fsp3) is 0.375. The molecule has 0 radical (unpaired) electrons. The highest BCUT2D eigenvalue weighted by Gasteiger charge is 2.52. The molecule has 1 N–H and O–H groups in total. The molecule has 35 heavy (non-hydrogen) atoms. The summed E-state index contributed by atoms with van der Waals surface area (Å²) >= 11 is 7.35. The number of hydrogen-bond donors (Lipinski definition) is 1. The van der Waals surface area contributed by atoms with E-state index in [1.165, 1.54) is 0 Å². The second-order valence-electron chi connectivity index (χ2n) is 8.91. The smallest absolute Gasteiger partial charge is 0.344 e. The summed E-state index contributed by atoms with van der Waals surface area (Å²) in [6, 6.07) is 11.7. The summed E-state index contributed by atoms with van der Waals surface area (Å²) in [5, 5.41) is 1.00. The zero-order valence-electron chi connectivity index (χ0n) is 19.1. The maximum absolute atomic E-state index is 13.6. The van der Waals surface area contributed by atoms with Gasteiger partial charge in [-0.15, -0.1) is 0 Å². The van der Waals surface area contributed by atoms with Crippen LogP contribution < -0.4 is 5.56 Å². The Morgan fingerprint density at radius 2 is 2.03 bits per heavy atom. The molecule has 1 aromatic carbocycles. The number of pyridine rings is 2. The van der Waals surface area contributed by atoms with Crippen LogP contribution in [0.25, 0.3) is 22.3 Å². The van der Waals surface area contributed by atoms with Crippen molar-refractivity contribution in [1.82, 2.24) is 14.2 Å². The molecule has 3 aromatic rings. The second-order valence-corrected chi connectivity index (χ2v) is 13.3. The molecule has 3 aliphatic heterocycles. The first-order valence-corrected chi connectivity index (χ1v) is 15.3. The van der Waals surface area contributed by atoms with Gasteiger partial charge in [0.15, 0.2) is 5.60 Å². The highest BCUT2D eigenvalue weighted by Crippen LogP contribution is 2.56. The van der Waals surface area contributed by atoms with Gasteiger partial charge in [-0.25, -0.2) is 14.4 Å². The first-order chi connectivity index (χ1) is 16.8. The SMILES string of the molecule is CC[C@@]1(OP(O)(=S)N2CCSCC2)C(=O)OCc2c1cc1n(c2=O)Cc2cc3ccccc3nc2-1. The average Bonchev–Trinajstić information content (AvgIpc) is 3.23. The normalized spacial score (nSPS) is 23.3. The Kier molecular flexibility index (Phi) is 5.67. The summed E-state index contributed by atoms with van der Waals surface area (Å²) in [5.41, 5.74) is 2.00. The van der Waals surface area contributed by atoms with Crippen molar-refractivity contribution in [3.8, 4) is 11.4 Å². The molecule has 11 heteroatoms. The molecule has 1 unspecified atom stereocenters. The quantitative estimate of drug-likeness (QED) is 0.315. The second kappa shape index (κ2) is 8.50. The fourth-order valence-corrected chi connectivity index (χ4v) is 8.71. The number of ether oxygens (including phenoxy) is 1. The van der Waals surface area contributed by atoms with Gasteiger partial charge in [0, 0.05) is 41.1 Å². The molecule has 8 nitrogen and oxygen atoms in total. The predicted molar refractivity (Wildman–Crippen MR) is 139 cm³/mol. The Morgan fingerprint density at radius 3 is 2.80 bits per heavy atom. The van der Waals surface area contributed by atoms with Crippen molar-refractivity contribution in [2.24, 2.45) is 0 Å². The van der Waals surface area contributed by atoms with E-state index in [0.717, 1.165) is 28.0 Å². The highest BCUT2D eigenvalue weighted by molar-refractivity contribution is 8.08. The fourth-order valence-electron chi connectivity index (χ4n) is 5.13. The minimum Gasteiger partial charge on any atom is -0.458 e. The molecule has 0 saturated carbocycles. The first-order valence-electron chi connectivity index (χ1n) is 11.5. The Hall–Kier alpha value is -2.07. The van der Waals surface area contributed by atoms with Crippen molar-refractivity contribution in [3.05, 3.63) is 63.4 Å². The van der Waals surface area contributed by atoms with Crippen molar-refractivity contribution >= 4 is 47.1 Å². The molecular formula is C24H24N3O5PS2. The number of aromatic nitrogens is 2. The van der Waals surface area contributed by atoms with Gasteiger partial charge >= 0.3 is 5.97 Å². The van der Waals surface area contributed by atoms with Crippen LogP contribution in [0.2, 0.25) is 0 Å². The minimum absolute atomic E-state index is 0.140. The van der Waals surface area contributed by atoms with Gasteiger partial charge < -0.3 is 14.2 Å². The largest absolute Gasteiger partial charge is 0.458 e. The molecular weight excluding hydrogens is 505 g/mol. The van der Waals surface area contributed by atoms with E-state index in [9.17, 15) is 14.5 Å². The van der Waals surface area contributed by atoms with Crippen LogP contribution in [0.5, 0.6) is 0 Å². The molecule has 3 aliphatic rings. The molecule has 0 aliphatic carbocycles. The number of esters is 1. The van der Waals surface area contributed by atoms with E-state index in [0.29, 0.717) is 42.1 Å². The zero-order valence-corrected chi connectivity index (χ0v) is 21.6. The van der Waals surface area contributed by atoms with Crippen molar-refractivity contribution in [3.63, 3.8) is 0 Å². The highest BCUT2D eigenvalue weighted by atomic mass is 32.5. The number of nitrogens with zero attached hydrogens (tertiary/aromatic N) is 3. The van der Waals surface area contributed by atoms with Crippen LogP contribution >= 0.6 is 18.4 Å². The van der Waals surface area contributed by atoms with Crippen molar-refractivity contribution < 1.29 is 18.9 Å². The maximum Gasteiger partial charge on any atom is 0.344 e. The number of carbonyl (C=O) groups excluding carboxylic acids is 1. The first kappa shape index (κ1) is 23.3. The summed E-state index contributed by atoms with van der Waals surface area (Å²) in [6.45, 7) is -0.321. The monoisotopic (exact) mass is 529 g/mol. The zero-order chi connectivity index (χ0) is 24.4. The van der Waals surface area contributed by atoms with E-state index < -0.39 is 18.2 Å². The van der Waals surface area contributed by atoms with E-state index in [4.69, 9.17) is 26.1 Å². The lowest BCUT2D eigenvalue weighted by molar-refractivity contribution is -0.169. The molecule has 2 atom stereocenters. The van der Waals surface area contributed by atoms with Crippen LogP contribution in [0.3, 0.4) is 0 Å². The molecule has 0 amide bonds. The summed E-state index contributed by atoms with van der Waals surface area (Å²) in [6.07, 6.45) is 0.168. The van der Waals surface area contributed by atoms with Crippen LogP contribution in [0.1, 0.15) is 30.0 Å². The summed E-state index contributed by atoms with van der Waals surface area (Å²) in [7, 11) is 0. The lowest BCUT2D eigenvalue weighted by Crippen LogP contribution is -2.47. The van der Waals surface area contributed by atoms with Crippen LogP contribution in [-0.2, 0) is 44.6 Å². The number of cyclic esters (lactones) is 1. The van der Waals surface area contributed by atoms with Crippen molar-refractivity contribution in [1.29, 1.82) is 0 Å². The lowest BCUT2D eigenvalue weighted by atomic mass is 9.86.